The zero-order valence-corrected chi connectivity index (χ0v) is 10.1. The molecule has 1 rings (SSSR count). The van der Waals surface area contributed by atoms with Crippen LogP contribution in [-0.2, 0) is 10.0 Å². The number of rotatable bonds is 3. The number of aromatic nitrogens is 1. The van der Waals surface area contributed by atoms with Crippen molar-refractivity contribution in [2.45, 2.75) is 11.3 Å². The zero-order chi connectivity index (χ0) is 11.8. The van der Waals surface area contributed by atoms with Crippen molar-refractivity contribution in [1.82, 2.24) is 9.29 Å². The molecule has 15 heavy (non-hydrogen) atoms. The Labute approximate surface area is 91.8 Å². The van der Waals surface area contributed by atoms with E-state index in [0.717, 1.165) is 15.6 Å². The van der Waals surface area contributed by atoms with Gasteiger partial charge in [0.05, 0.1) is 0 Å². The van der Waals surface area contributed by atoms with Gasteiger partial charge < -0.3 is 5.73 Å². The molecule has 1 heterocycles. The van der Waals surface area contributed by atoms with E-state index in [1.165, 1.54) is 14.1 Å². The molecule has 0 radical (unpaired) electrons. The third-order valence-corrected chi connectivity index (χ3v) is 4.85. The van der Waals surface area contributed by atoms with Crippen LogP contribution in [0.1, 0.15) is 15.4 Å². The van der Waals surface area contributed by atoms with Gasteiger partial charge in [0, 0.05) is 19.0 Å². The number of carbonyl (C=O) groups excluding carboxylic acids is 1. The Hall–Kier alpha value is -0.990. The lowest BCUT2D eigenvalue weighted by Crippen LogP contribution is -2.22. The molecule has 0 spiro atoms. The Morgan fingerprint density at radius 3 is 2.33 bits per heavy atom. The number of nitrogens with two attached hydrogens (primary N) is 1. The van der Waals surface area contributed by atoms with Crippen LogP contribution in [0.5, 0.6) is 0 Å². The largest absolute Gasteiger partial charge is 0.364 e. The van der Waals surface area contributed by atoms with Gasteiger partial charge in [0.25, 0.3) is 15.9 Å². The number of nitrogens with zero attached hydrogens (tertiary/aromatic N) is 2. The van der Waals surface area contributed by atoms with Crippen molar-refractivity contribution in [3.63, 3.8) is 0 Å². The molecule has 1 amide bonds. The summed E-state index contributed by atoms with van der Waals surface area (Å²) in [5.74, 6) is -0.719. The van der Waals surface area contributed by atoms with E-state index in [-0.39, 0.29) is 10.0 Å². The number of sulfonamides is 1. The van der Waals surface area contributed by atoms with Crippen molar-refractivity contribution in [2.75, 3.05) is 14.1 Å². The van der Waals surface area contributed by atoms with Crippen molar-refractivity contribution < 1.29 is 13.2 Å². The standard InChI is InChI=1S/C7H11N3O3S2/c1-4-5(6(8)11)9-7(14-4)15(12,13)10(2)3/h1-3H3,(H2,8,11). The number of primary amides is 1. The summed E-state index contributed by atoms with van der Waals surface area (Å²) in [4.78, 5) is 15.1. The monoisotopic (exact) mass is 249 g/mol. The molecule has 0 saturated heterocycles. The second-order valence-electron chi connectivity index (χ2n) is 3.04. The predicted octanol–water partition coefficient (Wildman–Crippen LogP) is -0.199. The fourth-order valence-electron chi connectivity index (χ4n) is 0.867. The highest BCUT2D eigenvalue weighted by molar-refractivity contribution is 7.91. The molecule has 0 fully saturated rings. The van der Waals surface area contributed by atoms with Gasteiger partial charge in [-0.25, -0.2) is 17.7 Å². The third kappa shape index (κ3) is 2.16. The third-order valence-electron chi connectivity index (χ3n) is 1.71. The summed E-state index contributed by atoms with van der Waals surface area (Å²) in [5, 5.41) is 0. The summed E-state index contributed by atoms with van der Waals surface area (Å²) in [6.07, 6.45) is 0. The predicted molar refractivity (Wildman–Crippen MR) is 56.2 cm³/mol. The summed E-state index contributed by atoms with van der Waals surface area (Å²) in [6, 6.07) is 0. The summed E-state index contributed by atoms with van der Waals surface area (Å²) >= 11 is 0.936. The molecule has 6 nitrogen and oxygen atoms in total. The quantitative estimate of drug-likeness (QED) is 0.802. The molecule has 0 aromatic carbocycles. The van der Waals surface area contributed by atoms with Crippen molar-refractivity contribution in [1.29, 1.82) is 0 Å². The Kier molecular flexibility index (Phi) is 3.12. The average Bonchev–Trinajstić information content (AvgIpc) is 2.47. The van der Waals surface area contributed by atoms with E-state index in [1.54, 1.807) is 6.92 Å². The first-order valence-electron chi connectivity index (χ1n) is 3.96. The van der Waals surface area contributed by atoms with Crippen molar-refractivity contribution in [3.05, 3.63) is 10.6 Å². The van der Waals surface area contributed by atoms with E-state index in [4.69, 9.17) is 5.73 Å². The Balaban J connectivity index is 3.31. The lowest BCUT2D eigenvalue weighted by Gasteiger charge is -2.06. The molecule has 8 heteroatoms. The van der Waals surface area contributed by atoms with Crippen LogP contribution < -0.4 is 5.73 Å². The highest BCUT2D eigenvalue weighted by Gasteiger charge is 2.24. The molecule has 1 aromatic heterocycles. The van der Waals surface area contributed by atoms with Crippen LogP contribution in [0.15, 0.2) is 4.34 Å². The zero-order valence-electron chi connectivity index (χ0n) is 8.51. The number of amides is 1. The van der Waals surface area contributed by atoms with Gasteiger partial charge in [0.15, 0.2) is 0 Å². The molecule has 0 atom stereocenters. The Morgan fingerprint density at radius 1 is 1.47 bits per heavy atom. The second-order valence-corrected chi connectivity index (χ2v) is 6.56. The van der Waals surface area contributed by atoms with Crippen LogP contribution in [0.25, 0.3) is 0 Å². The molecule has 0 saturated carbocycles. The normalized spacial score (nSPS) is 12.0. The minimum absolute atomic E-state index is 0.0143. The maximum Gasteiger partial charge on any atom is 0.269 e. The van der Waals surface area contributed by atoms with E-state index in [2.05, 4.69) is 4.98 Å². The lowest BCUT2D eigenvalue weighted by atomic mass is 10.4. The molecule has 0 aliphatic heterocycles. The second kappa shape index (κ2) is 3.87. The molecular weight excluding hydrogens is 238 g/mol. The molecule has 1 aromatic rings. The van der Waals surface area contributed by atoms with Crippen molar-refractivity contribution in [3.8, 4) is 0 Å². The number of aryl methyl sites for hydroxylation is 1. The molecule has 0 unspecified atom stereocenters. The minimum atomic E-state index is -3.58. The van der Waals surface area contributed by atoms with Crippen LogP contribution in [0, 0.1) is 6.92 Å². The van der Waals surface area contributed by atoms with Crippen LogP contribution >= 0.6 is 11.3 Å². The van der Waals surface area contributed by atoms with Crippen LogP contribution in [0.4, 0.5) is 0 Å². The smallest absolute Gasteiger partial charge is 0.269 e. The summed E-state index contributed by atoms with van der Waals surface area (Å²) in [6.45, 7) is 1.60. The highest BCUT2D eigenvalue weighted by Crippen LogP contribution is 2.23. The van der Waals surface area contributed by atoms with Crippen molar-refractivity contribution >= 4 is 27.3 Å². The van der Waals surface area contributed by atoms with Crippen LogP contribution in [0.2, 0.25) is 0 Å². The molecule has 0 bridgehead atoms. The SMILES string of the molecule is Cc1sc(S(=O)(=O)N(C)C)nc1C(N)=O. The molecular formula is C7H11N3O3S2. The van der Waals surface area contributed by atoms with Crippen LogP contribution in [-0.4, -0.2) is 37.7 Å². The first-order chi connectivity index (χ1) is 6.76. The van der Waals surface area contributed by atoms with Gasteiger partial charge >= 0.3 is 0 Å². The fraction of sp³-hybridized carbons (Fsp3) is 0.429. The van der Waals surface area contributed by atoms with Crippen LogP contribution in [0.3, 0.4) is 0 Å². The van der Waals surface area contributed by atoms with E-state index >= 15 is 0 Å². The molecule has 84 valence electrons. The topological polar surface area (TPSA) is 93.4 Å². The van der Waals surface area contributed by atoms with E-state index in [1.807, 2.05) is 0 Å². The van der Waals surface area contributed by atoms with Crippen molar-refractivity contribution in [2.24, 2.45) is 5.73 Å². The van der Waals surface area contributed by atoms with E-state index < -0.39 is 15.9 Å². The maximum atomic E-state index is 11.6. The van der Waals surface area contributed by atoms with E-state index in [0.29, 0.717) is 4.88 Å². The molecule has 0 aliphatic carbocycles. The molecule has 2 N–H and O–H groups in total. The number of hydrogen-bond donors (Lipinski definition) is 1. The maximum absolute atomic E-state index is 11.6. The Bertz CT molecular complexity index is 490. The van der Waals surface area contributed by atoms with E-state index in [9.17, 15) is 13.2 Å². The first-order valence-corrected chi connectivity index (χ1v) is 6.22. The number of carbonyl (C=O) groups is 1. The fourth-order valence-corrected chi connectivity index (χ4v) is 3.27. The summed E-state index contributed by atoms with van der Waals surface area (Å²) < 4.78 is 24.2. The average molecular weight is 249 g/mol. The highest BCUT2D eigenvalue weighted by atomic mass is 32.2. The number of thiazole rings is 1. The summed E-state index contributed by atoms with van der Waals surface area (Å²) in [7, 11) is -0.781. The van der Waals surface area contributed by atoms with Gasteiger partial charge in [0.2, 0.25) is 4.34 Å². The lowest BCUT2D eigenvalue weighted by molar-refractivity contribution is 0.0995. The number of hydrogen-bond acceptors (Lipinski definition) is 5. The van der Waals surface area contributed by atoms with Gasteiger partial charge in [-0.1, -0.05) is 0 Å². The Morgan fingerprint density at radius 2 is 2.00 bits per heavy atom. The van der Waals surface area contributed by atoms with Gasteiger partial charge in [0.1, 0.15) is 5.69 Å². The van der Waals surface area contributed by atoms with Gasteiger partial charge in [-0.05, 0) is 6.92 Å². The minimum Gasteiger partial charge on any atom is -0.364 e. The summed E-state index contributed by atoms with van der Waals surface area (Å²) in [5.41, 5.74) is 5.06. The van der Waals surface area contributed by atoms with Gasteiger partial charge in [-0.3, -0.25) is 4.79 Å². The first kappa shape index (κ1) is 12.1. The molecule has 0 aliphatic rings. The van der Waals surface area contributed by atoms with Gasteiger partial charge in [-0.15, -0.1) is 11.3 Å². The van der Waals surface area contributed by atoms with Gasteiger partial charge in [-0.2, -0.15) is 0 Å².